The van der Waals surface area contributed by atoms with Crippen LogP contribution in [0.1, 0.15) is 37.5 Å². The molecule has 0 spiro atoms. The Kier molecular flexibility index (Phi) is 4.53. The first-order valence-corrected chi connectivity index (χ1v) is 6.60. The highest BCUT2D eigenvalue weighted by atomic mass is 16.5. The highest BCUT2D eigenvalue weighted by Crippen LogP contribution is 2.27. The molecule has 0 saturated heterocycles. The smallest absolute Gasteiger partial charge is 0.225 e. The van der Waals surface area contributed by atoms with Gasteiger partial charge in [0.15, 0.2) is 0 Å². The monoisotopic (exact) mass is 257 g/mol. The van der Waals surface area contributed by atoms with E-state index in [0.717, 1.165) is 18.6 Å². The number of ether oxygens (including phenoxy) is 1. The number of aliphatic hydroxyl groups excluding tert-OH is 1. The second kappa shape index (κ2) is 6.34. The van der Waals surface area contributed by atoms with Gasteiger partial charge in [-0.25, -0.2) is 4.98 Å². The number of nitrogens with zero attached hydrogens (tertiary/aromatic N) is 1. The molecule has 2 aromatic rings. The molecule has 0 aliphatic heterocycles. The van der Waals surface area contributed by atoms with E-state index < -0.39 is 6.10 Å². The van der Waals surface area contributed by atoms with Crippen LogP contribution in [0.25, 0.3) is 0 Å². The Morgan fingerprint density at radius 2 is 1.95 bits per heavy atom. The summed E-state index contributed by atoms with van der Waals surface area (Å²) in [6.45, 7) is 3.86. The zero-order valence-corrected chi connectivity index (χ0v) is 11.3. The average Bonchev–Trinajstić information content (AvgIpc) is 2.42. The Morgan fingerprint density at radius 1 is 1.21 bits per heavy atom. The number of benzene rings is 1. The SMILES string of the molecule is CCCc1ccc(Oc2ncccc2[C@@H](C)O)cc1. The van der Waals surface area contributed by atoms with Gasteiger partial charge < -0.3 is 9.84 Å². The van der Waals surface area contributed by atoms with E-state index in [-0.39, 0.29) is 0 Å². The first-order chi connectivity index (χ1) is 9.20. The molecule has 0 amide bonds. The van der Waals surface area contributed by atoms with Crippen molar-refractivity contribution in [2.24, 2.45) is 0 Å². The van der Waals surface area contributed by atoms with E-state index in [9.17, 15) is 5.11 Å². The maximum atomic E-state index is 9.68. The van der Waals surface area contributed by atoms with Crippen LogP contribution in [0.5, 0.6) is 11.6 Å². The largest absolute Gasteiger partial charge is 0.439 e. The first-order valence-electron chi connectivity index (χ1n) is 6.60. The molecule has 0 saturated carbocycles. The van der Waals surface area contributed by atoms with Crippen LogP contribution in [0.4, 0.5) is 0 Å². The Bertz CT molecular complexity index is 521. The van der Waals surface area contributed by atoms with E-state index >= 15 is 0 Å². The van der Waals surface area contributed by atoms with E-state index in [1.54, 1.807) is 19.2 Å². The maximum Gasteiger partial charge on any atom is 0.225 e. The van der Waals surface area contributed by atoms with E-state index in [2.05, 4.69) is 24.0 Å². The predicted molar refractivity (Wildman–Crippen MR) is 75.4 cm³/mol. The van der Waals surface area contributed by atoms with Crippen LogP contribution in [0.3, 0.4) is 0 Å². The summed E-state index contributed by atoms with van der Waals surface area (Å²) in [6.07, 6.45) is 3.27. The molecule has 1 aromatic carbocycles. The quantitative estimate of drug-likeness (QED) is 0.883. The third-order valence-corrected chi connectivity index (χ3v) is 2.93. The first kappa shape index (κ1) is 13.6. The number of aromatic nitrogens is 1. The molecule has 19 heavy (non-hydrogen) atoms. The molecule has 0 aliphatic rings. The number of hydrogen-bond donors (Lipinski definition) is 1. The fourth-order valence-electron chi connectivity index (χ4n) is 1.93. The topological polar surface area (TPSA) is 42.4 Å². The Balaban J connectivity index is 2.17. The molecule has 1 heterocycles. The molecular weight excluding hydrogens is 238 g/mol. The van der Waals surface area contributed by atoms with Crippen molar-refractivity contribution in [3.8, 4) is 11.6 Å². The number of pyridine rings is 1. The van der Waals surface area contributed by atoms with Crippen LogP contribution in [0, 0.1) is 0 Å². The lowest BCUT2D eigenvalue weighted by Gasteiger charge is -2.11. The van der Waals surface area contributed by atoms with Gasteiger partial charge in [0, 0.05) is 11.8 Å². The minimum atomic E-state index is -0.594. The predicted octanol–water partition coefficient (Wildman–Crippen LogP) is 3.88. The Morgan fingerprint density at radius 3 is 2.58 bits per heavy atom. The van der Waals surface area contributed by atoms with Crippen molar-refractivity contribution in [3.63, 3.8) is 0 Å². The number of rotatable bonds is 5. The summed E-state index contributed by atoms with van der Waals surface area (Å²) in [4.78, 5) is 4.17. The molecule has 1 aromatic heterocycles. The zero-order valence-electron chi connectivity index (χ0n) is 11.3. The van der Waals surface area contributed by atoms with Crippen molar-refractivity contribution in [3.05, 3.63) is 53.7 Å². The van der Waals surface area contributed by atoms with Gasteiger partial charge in [0.2, 0.25) is 5.88 Å². The third kappa shape index (κ3) is 3.55. The van der Waals surface area contributed by atoms with Gasteiger partial charge in [0.1, 0.15) is 5.75 Å². The summed E-state index contributed by atoms with van der Waals surface area (Å²) in [5.41, 5.74) is 1.99. The molecule has 1 atom stereocenters. The fraction of sp³-hybridized carbons (Fsp3) is 0.312. The van der Waals surface area contributed by atoms with Crippen LogP contribution >= 0.6 is 0 Å². The normalized spacial score (nSPS) is 12.2. The molecule has 2 rings (SSSR count). The maximum absolute atomic E-state index is 9.68. The van der Waals surface area contributed by atoms with Crippen LogP contribution in [-0.4, -0.2) is 10.1 Å². The second-order valence-corrected chi connectivity index (χ2v) is 4.57. The zero-order chi connectivity index (χ0) is 13.7. The third-order valence-electron chi connectivity index (χ3n) is 2.93. The van der Waals surface area contributed by atoms with Crippen molar-refractivity contribution in [2.45, 2.75) is 32.8 Å². The lowest BCUT2D eigenvalue weighted by Crippen LogP contribution is -1.98. The van der Waals surface area contributed by atoms with Crippen LogP contribution in [0.15, 0.2) is 42.6 Å². The van der Waals surface area contributed by atoms with Crippen molar-refractivity contribution in [2.75, 3.05) is 0 Å². The van der Waals surface area contributed by atoms with Crippen LogP contribution < -0.4 is 4.74 Å². The summed E-state index contributed by atoms with van der Waals surface area (Å²) < 4.78 is 5.73. The minimum absolute atomic E-state index is 0.459. The number of aliphatic hydroxyl groups is 1. The average molecular weight is 257 g/mol. The van der Waals surface area contributed by atoms with Crippen molar-refractivity contribution >= 4 is 0 Å². The molecule has 0 unspecified atom stereocenters. The number of aryl methyl sites for hydroxylation is 1. The molecule has 1 N–H and O–H groups in total. The Hall–Kier alpha value is -1.87. The van der Waals surface area contributed by atoms with Gasteiger partial charge in [-0.15, -0.1) is 0 Å². The lowest BCUT2D eigenvalue weighted by molar-refractivity contribution is 0.194. The molecule has 0 fully saturated rings. The van der Waals surface area contributed by atoms with E-state index in [4.69, 9.17) is 4.74 Å². The summed E-state index contributed by atoms with van der Waals surface area (Å²) >= 11 is 0. The molecular formula is C16H19NO2. The standard InChI is InChI=1S/C16H19NO2/c1-3-5-13-7-9-14(10-8-13)19-16-15(12(2)18)6-4-11-17-16/h4,6-12,18H,3,5H2,1-2H3/t12-/m1/s1. The second-order valence-electron chi connectivity index (χ2n) is 4.57. The molecule has 0 aliphatic carbocycles. The number of hydrogen-bond acceptors (Lipinski definition) is 3. The Labute approximate surface area is 113 Å². The highest BCUT2D eigenvalue weighted by Gasteiger charge is 2.10. The summed E-state index contributed by atoms with van der Waals surface area (Å²) in [6, 6.07) is 11.6. The minimum Gasteiger partial charge on any atom is -0.439 e. The summed E-state index contributed by atoms with van der Waals surface area (Å²) in [5.74, 6) is 1.20. The molecule has 0 bridgehead atoms. The van der Waals surface area contributed by atoms with Gasteiger partial charge in [-0.1, -0.05) is 25.5 Å². The van der Waals surface area contributed by atoms with Gasteiger partial charge >= 0.3 is 0 Å². The van der Waals surface area contributed by atoms with Crippen LogP contribution in [-0.2, 0) is 6.42 Å². The molecule has 0 radical (unpaired) electrons. The summed E-state index contributed by atoms with van der Waals surface area (Å²) in [7, 11) is 0. The van der Waals surface area contributed by atoms with Gasteiger partial charge in [0.25, 0.3) is 0 Å². The van der Waals surface area contributed by atoms with E-state index in [1.807, 2.05) is 18.2 Å². The van der Waals surface area contributed by atoms with Crippen LogP contribution in [0.2, 0.25) is 0 Å². The van der Waals surface area contributed by atoms with Crippen molar-refractivity contribution in [1.82, 2.24) is 4.98 Å². The van der Waals surface area contributed by atoms with E-state index in [1.165, 1.54) is 5.56 Å². The van der Waals surface area contributed by atoms with Crippen molar-refractivity contribution < 1.29 is 9.84 Å². The van der Waals surface area contributed by atoms with E-state index in [0.29, 0.717) is 11.4 Å². The highest BCUT2D eigenvalue weighted by molar-refractivity contribution is 5.34. The van der Waals surface area contributed by atoms with Gasteiger partial charge in [-0.3, -0.25) is 0 Å². The fourth-order valence-corrected chi connectivity index (χ4v) is 1.93. The molecule has 3 nitrogen and oxygen atoms in total. The lowest BCUT2D eigenvalue weighted by atomic mass is 10.1. The van der Waals surface area contributed by atoms with Gasteiger partial charge in [0.05, 0.1) is 6.10 Å². The van der Waals surface area contributed by atoms with Gasteiger partial charge in [-0.05, 0) is 43.2 Å². The van der Waals surface area contributed by atoms with Crippen molar-refractivity contribution in [1.29, 1.82) is 0 Å². The molecule has 100 valence electrons. The van der Waals surface area contributed by atoms with Gasteiger partial charge in [-0.2, -0.15) is 0 Å². The molecule has 3 heteroatoms. The summed E-state index contributed by atoms with van der Waals surface area (Å²) in [5, 5.41) is 9.68.